The summed E-state index contributed by atoms with van der Waals surface area (Å²) in [6.07, 6.45) is 4.06. The summed E-state index contributed by atoms with van der Waals surface area (Å²) in [5.41, 5.74) is 0.130. The Balaban J connectivity index is 2.00. The van der Waals surface area contributed by atoms with Crippen molar-refractivity contribution in [2.75, 3.05) is 0 Å². The summed E-state index contributed by atoms with van der Waals surface area (Å²) in [5.74, 6) is -0.0759. The SMILES string of the molecule is CC1(C)CC(C2(C(=O)O)CC2)C1. The first-order valence-corrected chi connectivity index (χ1v) is 4.70. The van der Waals surface area contributed by atoms with Crippen molar-refractivity contribution in [3.8, 4) is 0 Å². The van der Waals surface area contributed by atoms with E-state index in [0.29, 0.717) is 11.3 Å². The Morgan fingerprint density at radius 1 is 1.33 bits per heavy atom. The number of hydrogen-bond acceptors (Lipinski definition) is 1. The van der Waals surface area contributed by atoms with Gasteiger partial charge in [0.15, 0.2) is 0 Å². The quantitative estimate of drug-likeness (QED) is 0.686. The third kappa shape index (κ3) is 0.970. The molecular weight excluding hydrogens is 152 g/mol. The van der Waals surface area contributed by atoms with Crippen molar-refractivity contribution in [3.05, 3.63) is 0 Å². The number of hydrogen-bond donors (Lipinski definition) is 1. The van der Waals surface area contributed by atoms with Crippen LogP contribution in [0.15, 0.2) is 0 Å². The zero-order valence-electron chi connectivity index (χ0n) is 7.76. The van der Waals surface area contributed by atoms with Crippen molar-refractivity contribution in [1.29, 1.82) is 0 Å². The maximum absolute atomic E-state index is 10.9. The van der Waals surface area contributed by atoms with Gasteiger partial charge in [-0.1, -0.05) is 13.8 Å². The van der Waals surface area contributed by atoms with Crippen LogP contribution in [0.3, 0.4) is 0 Å². The summed E-state index contributed by atoms with van der Waals surface area (Å²) in [6, 6.07) is 0. The molecule has 1 N–H and O–H groups in total. The zero-order valence-corrected chi connectivity index (χ0v) is 7.76. The van der Waals surface area contributed by atoms with Gasteiger partial charge in [0.25, 0.3) is 0 Å². The minimum absolute atomic E-state index is 0.282. The highest BCUT2D eigenvalue weighted by molar-refractivity contribution is 5.78. The van der Waals surface area contributed by atoms with Gasteiger partial charge >= 0.3 is 5.97 Å². The van der Waals surface area contributed by atoms with Crippen molar-refractivity contribution in [2.24, 2.45) is 16.7 Å². The predicted molar refractivity (Wildman–Crippen MR) is 45.8 cm³/mol. The highest BCUT2D eigenvalue weighted by Crippen LogP contribution is 2.63. The van der Waals surface area contributed by atoms with E-state index >= 15 is 0 Å². The Kier molecular flexibility index (Phi) is 1.37. The van der Waals surface area contributed by atoms with E-state index in [9.17, 15) is 4.79 Å². The van der Waals surface area contributed by atoms with Crippen LogP contribution < -0.4 is 0 Å². The molecule has 2 aliphatic carbocycles. The molecule has 0 aromatic rings. The second-order valence-electron chi connectivity index (χ2n) is 5.23. The molecule has 0 radical (unpaired) electrons. The van der Waals surface area contributed by atoms with E-state index in [1.165, 1.54) is 0 Å². The van der Waals surface area contributed by atoms with Crippen LogP contribution in [0.25, 0.3) is 0 Å². The number of carboxylic acid groups (broad SMARTS) is 1. The summed E-state index contributed by atoms with van der Waals surface area (Å²) in [5, 5.41) is 9.01. The molecule has 0 heterocycles. The smallest absolute Gasteiger partial charge is 0.309 e. The molecule has 0 spiro atoms. The van der Waals surface area contributed by atoms with Gasteiger partial charge in [0.2, 0.25) is 0 Å². The highest BCUT2D eigenvalue weighted by atomic mass is 16.4. The molecule has 2 heteroatoms. The molecule has 0 aromatic heterocycles. The van der Waals surface area contributed by atoms with Gasteiger partial charge in [-0.2, -0.15) is 0 Å². The molecule has 2 fully saturated rings. The lowest BCUT2D eigenvalue weighted by atomic mass is 9.59. The van der Waals surface area contributed by atoms with E-state index in [4.69, 9.17) is 5.11 Å². The number of aliphatic carboxylic acids is 1. The van der Waals surface area contributed by atoms with Crippen LogP contribution in [0.1, 0.15) is 39.5 Å². The lowest BCUT2D eigenvalue weighted by Gasteiger charge is -2.45. The van der Waals surface area contributed by atoms with Crippen LogP contribution in [-0.2, 0) is 4.79 Å². The van der Waals surface area contributed by atoms with E-state index in [1.54, 1.807) is 0 Å². The van der Waals surface area contributed by atoms with Crippen molar-refractivity contribution in [3.63, 3.8) is 0 Å². The minimum atomic E-state index is -0.553. The summed E-state index contributed by atoms with van der Waals surface area (Å²) in [4.78, 5) is 10.9. The Labute approximate surface area is 73.0 Å². The first kappa shape index (κ1) is 8.09. The van der Waals surface area contributed by atoms with E-state index in [1.807, 2.05) is 0 Å². The van der Waals surface area contributed by atoms with Gasteiger partial charge < -0.3 is 5.11 Å². The molecule has 0 unspecified atom stereocenters. The molecular formula is C10H16O2. The lowest BCUT2D eigenvalue weighted by Crippen LogP contribution is -2.40. The average molecular weight is 168 g/mol. The van der Waals surface area contributed by atoms with Crippen LogP contribution in [0.2, 0.25) is 0 Å². The summed E-state index contributed by atoms with van der Waals surface area (Å²) in [6.45, 7) is 4.45. The van der Waals surface area contributed by atoms with Crippen LogP contribution in [0.5, 0.6) is 0 Å². The Morgan fingerprint density at radius 3 is 2.08 bits per heavy atom. The molecule has 2 nitrogen and oxygen atoms in total. The molecule has 0 amide bonds. The molecule has 0 atom stereocenters. The molecule has 0 bridgehead atoms. The number of carboxylic acids is 1. The van der Waals surface area contributed by atoms with Crippen molar-refractivity contribution in [1.82, 2.24) is 0 Å². The molecule has 68 valence electrons. The van der Waals surface area contributed by atoms with Gasteiger partial charge in [-0.3, -0.25) is 4.79 Å². The first-order valence-electron chi connectivity index (χ1n) is 4.70. The van der Waals surface area contributed by atoms with Crippen LogP contribution >= 0.6 is 0 Å². The Morgan fingerprint density at radius 2 is 1.83 bits per heavy atom. The van der Waals surface area contributed by atoms with Gasteiger partial charge in [0.1, 0.15) is 0 Å². The predicted octanol–water partition coefficient (Wildman–Crippen LogP) is 2.29. The molecule has 12 heavy (non-hydrogen) atoms. The summed E-state index contributed by atoms with van der Waals surface area (Å²) < 4.78 is 0. The van der Waals surface area contributed by atoms with E-state index in [2.05, 4.69) is 13.8 Å². The molecule has 2 rings (SSSR count). The zero-order chi connectivity index (χ0) is 8.98. The van der Waals surface area contributed by atoms with E-state index in [-0.39, 0.29) is 5.41 Å². The molecule has 0 aromatic carbocycles. The fourth-order valence-electron chi connectivity index (χ4n) is 2.60. The fraction of sp³-hybridized carbons (Fsp3) is 0.900. The van der Waals surface area contributed by atoms with Gasteiger partial charge in [-0.15, -0.1) is 0 Å². The number of carbonyl (C=O) groups is 1. The summed E-state index contributed by atoms with van der Waals surface area (Å²) in [7, 11) is 0. The molecule has 2 aliphatic rings. The maximum Gasteiger partial charge on any atom is 0.309 e. The molecule has 2 saturated carbocycles. The van der Waals surface area contributed by atoms with Gasteiger partial charge in [-0.05, 0) is 37.0 Å². The van der Waals surface area contributed by atoms with Crippen LogP contribution in [0.4, 0.5) is 0 Å². The lowest BCUT2D eigenvalue weighted by molar-refractivity contribution is -0.149. The topological polar surface area (TPSA) is 37.3 Å². The molecule has 0 saturated heterocycles. The minimum Gasteiger partial charge on any atom is -0.481 e. The second kappa shape index (κ2) is 2.04. The maximum atomic E-state index is 10.9. The van der Waals surface area contributed by atoms with Crippen molar-refractivity contribution >= 4 is 5.97 Å². The van der Waals surface area contributed by atoms with Gasteiger partial charge in [0.05, 0.1) is 5.41 Å². The van der Waals surface area contributed by atoms with E-state index in [0.717, 1.165) is 25.7 Å². The molecule has 0 aliphatic heterocycles. The van der Waals surface area contributed by atoms with E-state index < -0.39 is 5.97 Å². The fourth-order valence-corrected chi connectivity index (χ4v) is 2.60. The largest absolute Gasteiger partial charge is 0.481 e. The standard InChI is InChI=1S/C10H16O2/c1-9(2)5-7(6-9)10(3-4-10)8(11)12/h7H,3-6H2,1-2H3,(H,11,12). The Hall–Kier alpha value is -0.530. The van der Waals surface area contributed by atoms with Crippen molar-refractivity contribution in [2.45, 2.75) is 39.5 Å². The summed E-state index contributed by atoms with van der Waals surface area (Å²) >= 11 is 0. The number of rotatable bonds is 2. The Bertz CT molecular complexity index is 218. The average Bonchev–Trinajstić information content (AvgIpc) is 2.60. The third-order valence-electron chi connectivity index (χ3n) is 3.59. The van der Waals surface area contributed by atoms with Gasteiger partial charge in [0, 0.05) is 0 Å². The van der Waals surface area contributed by atoms with Crippen LogP contribution in [-0.4, -0.2) is 11.1 Å². The monoisotopic (exact) mass is 168 g/mol. The highest BCUT2D eigenvalue weighted by Gasteiger charge is 2.60. The van der Waals surface area contributed by atoms with Gasteiger partial charge in [-0.25, -0.2) is 0 Å². The normalized spacial score (nSPS) is 30.8. The van der Waals surface area contributed by atoms with Crippen molar-refractivity contribution < 1.29 is 9.90 Å². The third-order valence-corrected chi connectivity index (χ3v) is 3.59. The first-order chi connectivity index (χ1) is 5.46. The second-order valence-corrected chi connectivity index (χ2v) is 5.23. The van der Waals surface area contributed by atoms with Crippen LogP contribution in [0, 0.1) is 16.7 Å².